The fraction of sp³-hybridized carbons (Fsp3) is 0.400. The summed E-state index contributed by atoms with van der Waals surface area (Å²) >= 11 is 0. The molecule has 1 unspecified atom stereocenters. The van der Waals surface area contributed by atoms with Crippen molar-refractivity contribution in [3.63, 3.8) is 0 Å². The predicted octanol–water partition coefficient (Wildman–Crippen LogP) is 4.56. The highest BCUT2D eigenvalue weighted by atomic mass is 16.5. The van der Waals surface area contributed by atoms with Gasteiger partial charge in [0, 0.05) is 18.7 Å². The Morgan fingerprint density at radius 1 is 1.00 bits per heavy atom. The average molecular weight is 426 g/mol. The van der Waals surface area contributed by atoms with Crippen LogP contribution in [0.5, 0.6) is 23.0 Å². The molecule has 2 aromatic carbocycles. The van der Waals surface area contributed by atoms with Gasteiger partial charge in [0.25, 0.3) is 0 Å². The van der Waals surface area contributed by atoms with Crippen molar-refractivity contribution < 1.29 is 23.7 Å². The van der Waals surface area contributed by atoms with Gasteiger partial charge in [-0.25, -0.2) is 0 Å². The minimum absolute atomic E-state index is 0.0241. The van der Waals surface area contributed by atoms with E-state index in [0.717, 1.165) is 16.9 Å². The van der Waals surface area contributed by atoms with Crippen LogP contribution in [-0.4, -0.2) is 45.3 Å². The first-order chi connectivity index (χ1) is 15.0. The third-order valence-electron chi connectivity index (χ3n) is 5.70. The Morgan fingerprint density at radius 3 is 2.10 bits per heavy atom. The molecule has 0 bridgehead atoms. The van der Waals surface area contributed by atoms with Crippen LogP contribution in [-0.2, 0) is 11.3 Å². The van der Waals surface area contributed by atoms with E-state index in [1.807, 2.05) is 41.3 Å². The number of hydrogen-bond donors (Lipinski definition) is 0. The standard InChI is InChI=1S/C25H31NO5/c1-17(20-9-10-20)26(16-18-6-11-21(28-2)12-7-18)24(27)13-8-19-14-22(29-3)25(31-5)23(15-19)30-4/h6-8,11-15,17,20H,9-10,16H2,1-5H3. The van der Waals surface area contributed by atoms with Crippen LogP contribution in [0.1, 0.15) is 30.9 Å². The Balaban J connectivity index is 1.81. The summed E-state index contributed by atoms with van der Waals surface area (Å²) in [7, 11) is 6.36. The van der Waals surface area contributed by atoms with Gasteiger partial charge >= 0.3 is 0 Å². The molecule has 31 heavy (non-hydrogen) atoms. The van der Waals surface area contributed by atoms with Gasteiger partial charge in [0.1, 0.15) is 5.75 Å². The number of benzene rings is 2. The molecular formula is C25H31NO5. The van der Waals surface area contributed by atoms with Gasteiger partial charge in [0.05, 0.1) is 28.4 Å². The summed E-state index contributed by atoms with van der Waals surface area (Å²) in [5.41, 5.74) is 1.87. The molecule has 6 nitrogen and oxygen atoms in total. The number of rotatable bonds is 10. The summed E-state index contributed by atoms with van der Waals surface area (Å²) in [6, 6.07) is 11.7. The Kier molecular flexibility index (Phi) is 7.45. The molecule has 1 atom stereocenters. The molecule has 1 fully saturated rings. The summed E-state index contributed by atoms with van der Waals surface area (Å²) in [6.45, 7) is 2.69. The topological polar surface area (TPSA) is 57.2 Å². The van der Waals surface area contributed by atoms with Crippen LogP contribution < -0.4 is 18.9 Å². The van der Waals surface area contributed by atoms with E-state index in [2.05, 4.69) is 6.92 Å². The van der Waals surface area contributed by atoms with Crippen molar-refractivity contribution in [3.8, 4) is 23.0 Å². The summed E-state index contributed by atoms with van der Waals surface area (Å²) in [5, 5.41) is 0. The first kappa shape index (κ1) is 22.5. The molecule has 166 valence electrons. The van der Waals surface area contributed by atoms with Gasteiger partial charge in [-0.05, 0) is 67.2 Å². The smallest absolute Gasteiger partial charge is 0.247 e. The van der Waals surface area contributed by atoms with E-state index in [9.17, 15) is 4.79 Å². The number of carbonyl (C=O) groups excluding carboxylic acids is 1. The fourth-order valence-corrected chi connectivity index (χ4v) is 3.64. The van der Waals surface area contributed by atoms with Gasteiger partial charge in [0.2, 0.25) is 11.7 Å². The second kappa shape index (κ2) is 10.2. The monoisotopic (exact) mass is 425 g/mol. The van der Waals surface area contributed by atoms with E-state index in [-0.39, 0.29) is 11.9 Å². The Labute approximate surface area is 184 Å². The lowest BCUT2D eigenvalue weighted by molar-refractivity contribution is -0.129. The molecule has 0 N–H and O–H groups in total. The summed E-state index contributed by atoms with van der Waals surface area (Å²) in [6.07, 6.45) is 5.74. The van der Waals surface area contributed by atoms with Crippen molar-refractivity contribution >= 4 is 12.0 Å². The highest BCUT2D eigenvalue weighted by Gasteiger charge is 2.33. The molecule has 6 heteroatoms. The maximum Gasteiger partial charge on any atom is 0.247 e. The molecule has 1 aliphatic carbocycles. The van der Waals surface area contributed by atoms with Gasteiger partial charge in [-0.3, -0.25) is 4.79 Å². The Morgan fingerprint density at radius 2 is 1.61 bits per heavy atom. The first-order valence-electron chi connectivity index (χ1n) is 10.4. The Bertz CT molecular complexity index is 893. The van der Waals surface area contributed by atoms with Gasteiger partial charge in [-0.1, -0.05) is 12.1 Å². The number of amides is 1. The van der Waals surface area contributed by atoms with Crippen molar-refractivity contribution in [2.45, 2.75) is 32.4 Å². The van der Waals surface area contributed by atoms with Crippen molar-refractivity contribution in [1.82, 2.24) is 4.90 Å². The summed E-state index contributed by atoms with van der Waals surface area (Å²) in [4.78, 5) is 15.1. The molecule has 0 radical (unpaired) electrons. The predicted molar refractivity (Wildman–Crippen MR) is 121 cm³/mol. The van der Waals surface area contributed by atoms with Crippen LogP contribution >= 0.6 is 0 Å². The highest BCUT2D eigenvalue weighted by Crippen LogP contribution is 2.39. The lowest BCUT2D eigenvalue weighted by Gasteiger charge is -2.28. The van der Waals surface area contributed by atoms with Crippen LogP contribution in [0.4, 0.5) is 0 Å². The van der Waals surface area contributed by atoms with Crippen LogP contribution in [0.2, 0.25) is 0 Å². The van der Waals surface area contributed by atoms with E-state index in [1.165, 1.54) is 12.8 Å². The van der Waals surface area contributed by atoms with E-state index in [0.29, 0.717) is 29.7 Å². The van der Waals surface area contributed by atoms with Crippen molar-refractivity contribution in [2.24, 2.45) is 5.92 Å². The van der Waals surface area contributed by atoms with Crippen LogP contribution in [0.15, 0.2) is 42.5 Å². The molecule has 0 aromatic heterocycles. The van der Waals surface area contributed by atoms with Crippen molar-refractivity contribution in [1.29, 1.82) is 0 Å². The van der Waals surface area contributed by atoms with Crippen LogP contribution in [0.25, 0.3) is 6.08 Å². The molecule has 0 aliphatic heterocycles. The maximum atomic E-state index is 13.2. The number of hydrogen-bond acceptors (Lipinski definition) is 5. The number of methoxy groups -OCH3 is 4. The zero-order valence-corrected chi connectivity index (χ0v) is 18.9. The molecule has 1 saturated carbocycles. The minimum Gasteiger partial charge on any atom is -0.497 e. The molecule has 1 amide bonds. The lowest BCUT2D eigenvalue weighted by atomic mass is 10.1. The van der Waals surface area contributed by atoms with Crippen LogP contribution in [0.3, 0.4) is 0 Å². The fourth-order valence-electron chi connectivity index (χ4n) is 3.64. The molecule has 0 heterocycles. The third kappa shape index (κ3) is 5.51. The quantitative estimate of drug-likeness (QED) is 0.522. The molecule has 0 saturated heterocycles. The van der Waals surface area contributed by atoms with Crippen LogP contribution in [0, 0.1) is 5.92 Å². The second-order valence-corrected chi connectivity index (χ2v) is 7.68. The summed E-state index contributed by atoms with van der Waals surface area (Å²) < 4.78 is 21.4. The van der Waals surface area contributed by atoms with E-state index < -0.39 is 0 Å². The average Bonchev–Trinajstić information content (AvgIpc) is 3.65. The van der Waals surface area contributed by atoms with E-state index in [1.54, 1.807) is 40.6 Å². The normalized spacial score (nSPS) is 14.2. The zero-order valence-electron chi connectivity index (χ0n) is 18.9. The largest absolute Gasteiger partial charge is 0.497 e. The van der Waals surface area contributed by atoms with E-state index >= 15 is 0 Å². The molecule has 1 aliphatic rings. The Hall–Kier alpha value is -3.15. The molecule has 3 rings (SSSR count). The minimum atomic E-state index is -0.0241. The first-order valence-corrected chi connectivity index (χ1v) is 10.4. The van der Waals surface area contributed by atoms with Crippen molar-refractivity contribution in [3.05, 3.63) is 53.6 Å². The number of ether oxygens (including phenoxy) is 4. The third-order valence-corrected chi connectivity index (χ3v) is 5.70. The van der Waals surface area contributed by atoms with Crippen molar-refractivity contribution in [2.75, 3.05) is 28.4 Å². The zero-order chi connectivity index (χ0) is 22.4. The van der Waals surface area contributed by atoms with Gasteiger partial charge in [-0.2, -0.15) is 0 Å². The van der Waals surface area contributed by atoms with Gasteiger partial charge in [0.15, 0.2) is 11.5 Å². The lowest BCUT2D eigenvalue weighted by Crippen LogP contribution is -2.38. The summed E-state index contributed by atoms with van der Waals surface area (Å²) in [5.74, 6) is 2.97. The van der Waals surface area contributed by atoms with Gasteiger partial charge in [-0.15, -0.1) is 0 Å². The molecule has 2 aromatic rings. The molecular weight excluding hydrogens is 394 g/mol. The number of carbonyl (C=O) groups is 1. The molecule has 0 spiro atoms. The maximum absolute atomic E-state index is 13.2. The van der Waals surface area contributed by atoms with Gasteiger partial charge < -0.3 is 23.8 Å². The van der Waals surface area contributed by atoms with E-state index in [4.69, 9.17) is 18.9 Å². The second-order valence-electron chi connectivity index (χ2n) is 7.68. The number of nitrogens with zero attached hydrogens (tertiary/aromatic N) is 1. The SMILES string of the molecule is COc1ccc(CN(C(=O)C=Cc2cc(OC)c(OC)c(OC)c2)C(C)C2CC2)cc1. The highest BCUT2D eigenvalue weighted by molar-refractivity contribution is 5.92.